The molecule has 2 amide bonds. The molecule has 3 rings (SSSR count). The zero-order chi connectivity index (χ0) is 22.4. The van der Waals surface area contributed by atoms with E-state index in [-0.39, 0.29) is 13.0 Å². The van der Waals surface area contributed by atoms with E-state index in [4.69, 9.17) is 14.9 Å². The Labute approximate surface area is 180 Å². The maximum atomic E-state index is 12.7. The molecule has 0 unspecified atom stereocenters. The average Bonchev–Trinajstić information content (AvgIpc) is 3.36. The molecule has 8 nitrogen and oxygen atoms in total. The number of carbonyl (C=O) groups is 3. The second-order valence-corrected chi connectivity index (χ2v) is 7.12. The Kier molecular flexibility index (Phi) is 6.92. The van der Waals surface area contributed by atoms with Crippen molar-refractivity contribution < 1.29 is 23.5 Å². The van der Waals surface area contributed by atoms with Crippen LogP contribution in [0.25, 0.3) is 0 Å². The number of hydrogen-bond acceptors (Lipinski definition) is 5. The molecular weight excluding hydrogens is 398 g/mol. The fourth-order valence-corrected chi connectivity index (χ4v) is 3.32. The van der Waals surface area contributed by atoms with Crippen LogP contribution >= 0.6 is 0 Å². The molecule has 2 N–H and O–H groups in total. The van der Waals surface area contributed by atoms with E-state index in [1.165, 1.54) is 4.90 Å². The Hall–Kier alpha value is -3.81. The number of ether oxygens (including phenoxy) is 1. The number of nitrogens with zero attached hydrogens (tertiary/aromatic N) is 2. The number of benzene rings is 1. The van der Waals surface area contributed by atoms with Gasteiger partial charge in [0.2, 0.25) is 5.91 Å². The van der Waals surface area contributed by atoms with Crippen molar-refractivity contribution in [2.75, 3.05) is 18.1 Å². The second kappa shape index (κ2) is 9.80. The molecule has 0 aliphatic carbocycles. The maximum Gasteiger partial charge on any atom is 0.340 e. The highest BCUT2D eigenvalue weighted by Crippen LogP contribution is 2.19. The Morgan fingerprint density at radius 3 is 2.48 bits per heavy atom. The highest BCUT2D eigenvalue weighted by atomic mass is 16.5. The Bertz CT molecular complexity index is 1050. The first-order chi connectivity index (χ1) is 14.9. The quantitative estimate of drug-likeness (QED) is 0.533. The van der Waals surface area contributed by atoms with Gasteiger partial charge in [0.25, 0.3) is 5.91 Å². The SMILES string of the molecule is Cc1cc(C(=O)OCC(=O)N(CCC(N)=O)c2ccccc2)c(C)n1Cc1ccco1. The number of anilines is 1. The number of primary amides is 1. The minimum atomic E-state index is -0.588. The number of carbonyl (C=O) groups excluding carboxylic acids is 3. The first-order valence-corrected chi connectivity index (χ1v) is 9.86. The molecule has 2 aromatic heterocycles. The fraction of sp³-hybridized carbons (Fsp3) is 0.261. The summed E-state index contributed by atoms with van der Waals surface area (Å²) in [6, 6.07) is 14.2. The van der Waals surface area contributed by atoms with Crippen molar-refractivity contribution in [3.05, 3.63) is 77.5 Å². The summed E-state index contributed by atoms with van der Waals surface area (Å²) >= 11 is 0. The molecule has 0 bridgehead atoms. The lowest BCUT2D eigenvalue weighted by Crippen LogP contribution is -2.37. The summed E-state index contributed by atoms with van der Waals surface area (Å²) in [5.74, 6) is -0.778. The topological polar surface area (TPSA) is 108 Å². The van der Waals surface area contributed by atoms with Crippen LogP contribution in [0.4, 0.5) is 5.69 Å². The highest BCUT2D eigenvalue weighted by molar-refractivity contribution is 5.98. The average molecular weight is 423 g/mol. The van der Waals surface area contributed by atoms with Gasteiger partial charge in [-0.15, -0.1) is 0 Å². The van der Waals surface area contributed by atoms with Gasteiger partial charge in [-0.1, -0.05) is 18.2 Å². The van der Waals surface area contributed by atoms with Gasteiger partial charge in [-0.25, -0.2) is 4.79 Å². The number of aryl methyl sites for hydroxylation is 1. The first-order valence-electron chi connectivity index (χ1n) is 9.86. The van der Waals surface area contributed by atoms with Gasteiger partial charge in [0.1, 0.15) is 5.76 Å². The van der Waals surface area contributed by atoms with E-state index >= 15 is 0 Å². The number of aromatic nitrogens is 1. The number of rotatable bonds is 9. The highest BCUT2D eigenvalue weighted by Gasteiger charge is 2.21. The molecule has 0 aliphatic rings. The molecule has 0 saturated heterocycles. The fourth-order valence-electron chi connectivity index (χ4n) is 3.32. The van der Waals surface area contributed by atoms with E-state index < -0.39 is 24.4 Å². The standard InChI is InChI=1S/C23H25N3O5/c1-16-13-20(17(2)26(16)14-19-9-6-12-30-19)23(29)31-15-22(28)25(11-10-21(24)27)18-7-4-3-5-8-18/h3-9,12-13H,10-11,14-15H2,1-2H3,(H2,24,27). The maximum absolute atomic E-state index is 12.7. The molecule has 0 aliphatic heterocycles. The summed E-state index contributed by atoms with van der Waals surface area (Å²) in [6.07, 6.45) is 1.60. The summed E-state index contributed by atoms with van der Waals surface area (Å²) in [7, 11) is 0. The molecule has 0 radical (unpaired) electrons. The molecule has 162 valence electrons. The van der Waals surface area contributed by atoms with Crippen LogP contribution < -0.4 is 10.6 Å². The van der Waals surface area contributed by atoms with Gasteiger partial charge in [0.05, 0.1) is 18.4 Å². The molecule has 2 heterocycles. The molecule has 1 aromatic carbocycles. The number of nitrogens with two attached hydrogens (primary N) is 1. The molecule has 0 saturated carbocycles. The molecule has 8 heteroatoms. The number of para-hydroxylation sites is 1. The van der Waals surface area contributed by atoms with Crippen molar-refractivity contribution >= 4 is 23.5 Å². The third-order valence-electron chi connectivity index (χ3n) is 4.97. The molecule has 0 spiro atoms. The van der Waals surface area contributed by atoms with Gasteiger partial charge in [-0.05, 0) is 44.2 Å². The minimum absolute atomic E-state index is 0.00249. The second-order valence-electron chi connectivity index (χ2n) is 7.12. The zero-order valence-electron chi connectivity index (χ0n) is 17.5. The van der Waals surface area contributed by atoms with Crippen LogP contribution in [0.3, 0.4) is 0 Å². The zero-order valence-corrected chi connectivity index (χ0v) is 17.5. The van der Waals surface area contributed by atoms with Crippen LogP contribution in [0.5, 0.6) is 0 Å². The lowest BCUT2D eigenvalue weighted by Gasteiger charge is -2.22. The van der Waals surface area contributed by atoms with Crippen LogP contribution in [0.2, 0.25) is 0 Å². The van der Waals surface area contributed by atoms with Gasteiger partial charge < -0.3 is 24.4 Å². The minimum Gasteiger partial charge on any atom is -0.467 e. The van der Waals surface area contributed by atoms with Crippen molar-refractivity contribution in [2.24, 2.45) is 5.73 Å². The molecule has 0 fully saturated rings. The van der Waals surface area contributed by atoms with Gasteiger partial charge in [-0.3, -0.25) is 9.59 Å². The van der Waals surface area contributed by atoms with E-state index in [1.54, 1.807) is 42.7 Å². The number of amides is 2. The number of hydrogen-bond donors (Lipinski definition) is 1. The number of esters is 1. The first kappa shape index (κ1) is 21.9. The molecule has 3 aromatic rings. The Morgan fingerprint density at radius 1 is 1.10 bits per heavy atom. The van der Waals surface area contributed by atoms with E-state index in [9.17, 15) is 14.4 Å². The van der Waals surface area contributed by atoms with Crippen molar-refractivity contribution in [3.63, 3.8) is 0 Å². The van der Waals surface area contributed by atoms with Crippen molar-refractivity contribution in [1.29, 1.82) is 0 Å². The van der Waals surface area contributed by atoms with Crippen LogP contribution in [0.15, 0.2) is 59.2 Å². The molecule has 31 heavy (non-hydrogen) atoms. The lowest BCUT2D eigenvalue weighted by atomic mass is 10.2. The van der Waals surface area contributed by atoms with Gasteiger partial charge >= 0.3 is 5.97 Å². The lowest BCUT2D eigenvalue weighted by molar-refractivity contribution is -0.121. The predicted octanol–water partition coefficient (Wildman–Crippen LogP) is 2.81. The summed E-state index contributed by atoms with van der Waals surface area (Å²) < 4.78 is 12.6. The van der Waals surface area contributed by atoms with E-state index in [1.807, 2.05) is 30.5 Å². The summed E-state index contributed by atoms with van der Waals surface area (Å²) in [6.45, 7) is 3.85. The van der Waals surface area contributed by atoms with E-state index in [2.05, 4.69) is 0 Å². The van der Waals surface area contributed by atoms with Crippen LogP contribution in [0, 0.1) is 13.8 Å². The summed E-state index contributed by atoms with van der Waals surface area (Å²) in [5, 5.41) is 0. The Balaban J connectivity index is 1.68. The van der Waals surface area contributed by atoms with Gasteiger partial charge in [-0.2, -0.15) is 0 Å². The predicted molar refractivity (Wildman–Crippen MR) is 115 cm³/mol. The van der Waals surface area contributed by atoms with Crippen LogP contribution in [-0.4, -0.2) is 35.5 Å². The molecular formula is C23H25N3O5. The van der Waals surface area contributed by atoms with Crippen molar-refractivity contribution in [3.8, 4) is 0 Å². The monoisotopic (exact) mass is 423 g/mol. The summed E-state index contributed by atoms with van der Waals surface area (Å²) in [5.41, 5.74) is 7.81. The Morgan fingerprint density at radius 2 is 1.84 bits per heavy atom. The third kappa shape index (κ3) is 5.42. The van der Waals surface area contributed by atoms with Gasteiger partial charge in [0.15, 0.2) is 6.61 Å². The van der Waals surface area contributed by atoms with Crippen molar-refractivity contribution in [1.82, 2.24) is 4.57 Å². The normalized spacial score (nSPS) is 10.6. The van der Waals surface area contributed by atoms with Gasteiger partial charge in [0, 0.05) is 30.0 Å². The number of furan rings is 1. The van der Waals surface area contributed by atoms with E-state index in [0.717, 1.165) is 17.1 Å². The van der Waals surface area contributed by atoms with E-state index in [0.29, 0.717) is 17.8 Å². The third-order valence-corrected chi connectivity index (χ3v) is 4.97. The van der Waals surface area contributed by atoms with Crippen molar-refractivity contribution in [2.45, 2.75) is 26.8 Å². The summed E-state index contributed by atoms with van der Waals surface area (Å²) in [4.78, 5) is 38.0. The smallest absolute Gasteiger partial charge is 0.340 e. The van der Waals surface area contributed by atoms with Crippen LogP contribution in [-0.2, 0) is 20.9 Å². The molecule has 0 atom stereocenters. The van der Waals surface area contributed by atoms with Crippen LogP contribution in [0.1, 0.15) is 33.9 Å². The largest absolute Gasteiger partial charge is 0.467 e.